The summed E-state index contributed by atoms with van der Waals surface area (Å²) in [4.78, 5) is 32.4. The SMILES string of the molecule is COc1c(-c2cccnc2)nc(-c2ccc(NC(=O)Nc3cccnc3)cc2)nc1N1CCOCC1. The van der Waals surface area contributed by atoms with Crippen molar-refractivity contribution in [2.75, 3.05) is 48.9 Å². The van der Waals surface area contributed by atoms with Crippen LogP contribution >= 0.6 is 0 Å². The van der Waals surface area contributed by atoms with E-state index in [1.54, 1.807) is 44.0 Å². The number of nitrogens with zero attached hydrogens (tertiary/aromatic N) is 5. The smallest absolute Gasteiger partial charge is 0.323 e. The fourth-order valence-electron chi connectivity index (χ4n) is 3.88. The molecule has 0 spiro atoms. The van der Waals surface area contributed by atoms with E-state index in [1.807, 2.05) is 36.4 Å². The normalized spacial score (nSPS) is 13.2. The first kappa shape index (κ1) is 23.2. The minimum Gasteiger partial charge on any atom is -0.491 e. The minimum absolute atomic E-state index is 0.357. The molecule has 0 aliphatic carbocycles. The molecule has 1 fully saturated rings. The van der Waals surface area contributed by atoms with Gasteiger partial charge >= 0.3 is 6.03 Å². The first-order valence-corrected chi connectivity index (χ1v) is 11.5. The van der Waals surface area contributed by atoms with E-state index < -0.39 is 0 Å². The third-order valence-corrected chi connectivity index (χ3v) is 5.62. The Morgan fingerprint density at radius 3 is 2.28 bits per heavy atom. The Kier molecular flexibility index (Phi) is 6.95. The number of aromatic nitrogens is 4. The van der Waals surface area contributed by atoms with Crippen LogP contribution in [0.1, 0.15) is 0 Å². The number of rotatable bonds is 6. The molecule has 0 bridgehead atoms. The van der Waals surface area contributed by atoms with Gasteiger partial charge in [0.05, 0.1) is 32.2 Å². The maximum absolute atomic E-state index is 12.3. The zero-order valence-corrected chi connectivity index (χ0v) is 19.7. The average molecular weight is 484 g/mol. The van der Waals surface area contributed by atoms with Crippen molar-refractivity contribution in [3.8, 4) is 28.4 Å². The lowest BCUT2D eigenvalue weighted by molar-refractivity contribution is 0.122. The van der Waals surface area contributed by atoms with Gasteiger partial charge in [-0.05, 0) is 48.5 Å². The number of anilines is 3. The lowest BCUT2D eigenvalue weighted by Crippen LogP contribution is -2.37. The highest BCUT2D eigenvalue weighted by atomic mass is 16.5. The van der Waals surface area contributed by atoms with Crippen LogP contribution in [0.4, 0.5) is 22.0 Å². The van der Waals surface area contributed by atoms with Crippen molar-refractivity contribution in [2.24, 2.45) is 0 Å². The molecule has 1 saturated heterocycles. The highest BCUT2D eigenvalue weighted by Crippen LogP contribution is 2.38. The number of carbonyl (C=O) groups is 1. The minimum atomic E-state index is -0.357. The van der Waals surface area contributed by atoms with Crippen LogP contribution in [-0.2, 0) is 4.74 Å². The van der Waals surface area contributed by atoms with Crippen molar-refractivity contribution >= 4 is 23.2 Å². The first-order valence-electron chi connectivity index (χ1n) is 11.5. The molecule has 1 aromatic carbocycles. The van der Waals surface area contributed by atoms with Gasteiger partial charge in [-0.25, -0.2) is 14.8 Å². The van der Waals surface area contributed by atoms with Crippen LogP contribution < -0.4 is 20.3 Å². The number of benzene rings is 1. The van der Waals surface area contributed by atoms with E-state index in [0.717, 1.165) is 11.1 Å². The summed E-state index contributed by atoms with van der Waals surface area (Å²) in [5, 5.41) is 5.56. The Morgan fingerprint density at radius 1 is 0.889 bits per heavy atom. The summed E-state index contributed by atoms with van der Waals surface area (Å²) in [5.41, 5.74) is 3.54. The number of amides is 2. The molecule has 0 atom stereocenters. The van der Waals surface area contributed by atoms with Gasteiger partial charge in [0.2, 0.25) is 0 Å². The summed E-state index contributed by atoms with van der Waals surface area (Å²) < 4.78 is 11.3. The Bertz CT molecular complexity index is 1310. The molecule has 10 nitrogen and oxygen atoms in total. The molecule has 0 saturated carbocycles. The molecule has 36 heavy (non-hydrogen) atoms. The maximum Gasteiger partial charge on any atom is 0.323 e. The average Bonchev–Trinajstić information content (AvgIpc) is 2.94. The summed E-state index contributed by atoms with van der Waals surface area (Å²) in [6.45, 7) is 2.64. The van der Waals surface area contributed by atoms with E-state index in [-0.39, 0.29) is 6.03 Å². The number of hydrogen-bond donors (Lipinski definition) is 2. The number of ether oxygens (including phenoxy) is 2. The molecule has 4 aromatic rings. The zero-order chi connectivity index (χ0) is 24.7. The Balaban J connectivity index is 1.45. The summed E-state index contributed by atoms with van der Waals surface area (Å²) >= 11 is 0. The summed E-state index contributed by atoms with van der Waals surface area (Å²) in [6, 6.07) is 14.3. The van der Waals surface area contributed by atoms with Gasteiger partial charge in [0.25, 0.3) is 0 Å². The maximum atomic E-state index is 12.3. The van der Waals surface area contributed by atoms with E-state index in [4.69, 9.17) is 19.4 Å². The topological polar surface area (TPSA) is 114 Å². The summed E-state index contributed by atoms with van der Waals surface area (Å²) in [5.74, 6) is 1.85. The van der Waals surface area contributed by atoms with Crippen molar-refractivity contribution < 1.29 is 14.3 Å². The van der Waals surface area contributed by atoms with Crippen LogP contribution in [0.25, 0.3) is 22.6 Å². The Labute approximate surface area is 208 Å². The highest BCUT2D eigenvalue weighted by Gasteiger charge is 2.23. The third-order valence-electron chi connectivity index (χ3n) is 5.62. The van der Waals surface area contributed by atoms with Crippen molar-refractivity contribution in [2.45, 2.75) is 0 Å². The number of methoxy groups -OCH3 is 1. The molecule has 1 aliphatic rings. The zero-order valence-electron chi connectivity index (χ0n) is 19.7. The van der Waals surface area contributed by atoms with E-state index in [9.17, 15) is 4.79 Å². The second-order valence-corrected chi connectivity index (χ2v) is 7.99. The van der Waals surface area contributed by atoms with Crippen LogP contribution in [0, 0.1) is 0 Å². The molecule has 1 aliphatic heterocycles. The van der Waals surface area contributed by atoms with E-state index in [0.29, 0.717) is 60.8 Å². The highest BCUT2D eigenvalue weighted by molar-refractivity contribution is 5.99. The standard InChI is InChI=1S/C26H25N7O3/c1-35-23-22(19-4-2-10-27-16-19)31-24(32-25(23)33-12-14-36-15-13-33)18-6-8-20(9-7-18)29-26(34)30-21-5-3-11-28-17-21/h2-11,16-17H,12-15H2,1H3,(H2,29,30,34). The Hall–Kier alpha value is -4.57. The molecular weight excluding hydrogens is 458 g/mol. The molecule has 10 heteroatoms. The second-order valence-electron chi connectivity index (χ2n) is 7.99. The number of hydrogen-bond acceptors (Lipinski definition) is 8. The molecule has 182 valence electrons. The molecule has 4 heterocycles. The largest absolute Gasteiger partial charge is 0.491 e. The van der Waals surface area contributed by atoms with Gasteiger partial charge < -0.3 is 25.0 Å². The van der Waals surface area contributed by atoms with Crippen LogP contribution in [0.15, 0.2) is 73.3 Å². The molecule has 0 unspecified atom stereocenters. The van der Waals surface area contributed by atoms with Crippen LogP contribution in [0.5, 0.6) is 5.75 Å². The molecule has 3 aromatic heterocycles. The first-order chi connectivity index (χ1) is 17.7. The Morgan fingerprint density at radius 2 is 1.61 bits per heavy atom. The van der Waals surface area contributed by atoms with E-state index in [1.165, 1.54) is 0 Å². The van der Waals surface area contributed by atoms with E-state index >= 15 is 0 Å². The fraction of sp³-hybridized carbons (Fsp3) is 0.192. The quantitative estimate of drug-likeness (QED) is 0.422. The number of urea groups is 1. The number of carbonyl (C=O) groups excluding carboxylic acids is 1. The predicted molar refractivity (Wildman–Crippen MR) is 137 cm³/mol. The van der Waals surface area contributed by atoms with Gasteiger partial charge in [-0.15, -0.1) is 0 Å². The molecule has 2 N–H and O–H groups in total. The van der Waals surface area contributed by atoms with Gasteiger partial charge in [-0.2, -0.15) is 0 Å². The van der Waals surface area contributed by atoms with Crippen molar-refractivity contribution in [3.63, 3.8) is 0 Å². The lowest BCUT2D eigenvalue weighted by Gasteiger charge is -2.29. The molecule has 5 rings (SSSR count). The van der Waals surface area contributed by atoms with Crippen LogP contribution in [0.2, 0.25) is 0 Å². The number of nitrogens with one attached hydrogen (secondary N) is 2. The van der Waals surface area contributed by atoms with Gasteiger partial charge in [0.1, 0.15) is 5.69 Å². The van der Waals surface area contributed by atoms with Crippen LogP contribution in [-0.4, -0.2) is 59.4 Å². The molecule has 2 amide bonds. The lowest BCUT2D eigenvalue weighted by atomic mass is 10.1. The van der Waals surface area contributed by atoms with Crippen molar-refractivity contribution in [1.29, 1.82) is 0 Å². The van der Waals surface area contributed by atoms with Gasteiger partial charge in [0.15, 0.2) is 17.4 Å². The van der Waals surface area contributed by atoms with E-state index in [2.05, 4.69) is 25.5 Å². The van der Waals surface area contributed by atoms with Gasteiger partial charge in [-0.1, -0.05) is 0 Å². The number of morpholine rings is 1. The monoisotopic (exact) mass is 483 g/mol. The summed E-state index contributed by atoms with van der Waals surface area (Å²) in [7, 11) is 1.62. The van der Waals surface area contributed by atoms with Crippen molar-refractivity contribution in [3.05, 3.63) is 73.3 Å². The molecular formula is C26H25N7O3. The summed E-state index contributed by atoms with van der Waals surface area (Å²) in [6.07, 6.45) is 6.70. The van der Waals surface area contributed by atoms with Gasteiger partial charge in [-0.3, -0.25) is 9.97 Å². The van der Waals surface area contributed by atoms with Gasteiger partial charge in [0, 0.05) is 48.5 Å². The van der Waals surface area contributed by atoms with Crippen LogP contribution in [0.3, 0.4) is 0 Å². The predicted octanol–water partition coefficient (Wildman–Crippen LogP) is 4.09. The number of pyridine rings is 2. The fourth-order valence-corrected chi connectivity index (χ4v) is 3.88. The molecule has 0 radical (unpaired) electrons. The van der Waals surface area contributed by atoms with Crippen molar-refractivity contribution in [1.82, 2.24) is 19.9 Å². The third kappa shape index (κ3) is 5.23. The second kappa shape index (κ2) is 10.8.